The molecule has 80 valence electrons. The van der Waals surface area contributed by atoms with Gasteiger partial charge in [0.2, 0.25) is 0 Å². The lowest BCUT2D eigenvalue weighted by Crippen LogP contribution is -2.44. The summed E-state index contributed by atoms with van der Waals surface area (Å²) in [6.07, 6.45) is 13.2. The first-order valence-electron chi connectivity index (χ1n) is 5.50. The first kappa shape index (κ1) is 10.4. The molecule has 1 spiro atoms. The first-order valence-corrected chi connectivity index (χ1v) is 5.50. The van der Waals surface area contributed by atoms with Crippen molar-refractivity contribution in [1.82, 2.24) is 0 Å². The van der Waals surface area contributed by atoms with Crippen LogP contribution >= 0.6 is 0 Å². The topological polar surface area (TPSA) is 37.3 Å². The van der Waals surface area contributed by atoms with Crippen LogP contribution in [0.25, 0.3) is 0 Å². The molecule has 0 aromatic heterocycles. The van der Waals surface area contributed by atoms with Gasteiger partial charge in [0.15, 0.2) is 5.78 Å². The Morgan fingerprint density at radius 3 is 2.87 bits per heavy atom. The third-order valence-electron chi connectivity index (χ3n) is 3.94. The fourth-order valence-corrected chi connectivity index (χ4v) is 2.97. The number of aliphatic hydroxyl groups is 1. The number of carbonyl (C=O) groups is 1. The van der Waals surface area contributed by atoms with Crippen LogP contribution in [0.1, 0.15) is 38.5 Å². The molecular weight excluding hydrogens is 188 g/mol. The average Bonchev–Trinajstić information content (AvgIpc) is 2.50. The molecule has 0 amide bonds. The molecule has 0 heterocycles. The molecule has 2 heteroatoms. The smallest absolute Gasteiger partial charge is 0.155 e. The van der Waals surface area contributed by atoms with E-state index in [2.05, 4.69) is 5.92 Å². The fraction of sp³-hybridized carbons (Fsp3) is 0.615. The molecule has 2 rings (SSSR count). The first-order chi connectivity index (χ1) is 7.12. The summed E-state index contributed by atoms with van der Waals surface area (Å²) in [5.41, 5.74) is -1.01. The minimum Gasteiger partial charge on any atom is -0.388 e. The molecule has 1 N–H and O–H groups in total. The molecule has 0 saturated heterocycles. The van der Waals surface area contributed by atoms with Crippen LogP contribution in [0.2, 0.25) is 0 Å². The van der Waals surface area contributed by atoms with Gasteiger partial charge in [-0.15, -0.1) is 12.3 Å². The second-order valence-corrected chi connectivity index (χ2v) is 4.72. The van der Waals surface area contributed by atoms with Crippen LogP contribution in [0.4, 0.5) is 0 Å². The van der Waals surface area contributed by atoms with Gasteiger partial charge in [-0.3, -0.25) is 4.79 Å². The van der Waals surface area contributed by atoms with Gasteiger partial charge in [-0.1, -0.05) is 6.08 Å². The lowest BCUT2D eigenvalue weighted by molar-refractivity contribution is -0.117. The summed E-state index contributed by atoms with van der Waals surface area (Å²) in [4.78, 5) is 11.2. The third kappa shape index (κ3) is 1.52. The standard InChI is InChI=1S/C13H16O2/c1-2-6-13(15)8-3-7-12(13)9-4-11(14)5-10-12/h1,4,9,15H,3,5-8,10H2/t12-,13?/m1/s1. The van der Waals surface area contributed by atoms with Gasteiger partial charge in [0.1, 0.15) is 0 Å². The largest absolute Gasteiger partial charge is 0.388 e. The minimum absolute atomic E-state index is 0.163. The molecule has 15 heavy (non-hydrogen) atoms. The molecule has 0 bridgehead atoms. The van der Waals surface area contributed by atoms with Crippen LogP contribution in [0.3, 0.4) is 0 Å². The molecule has 0 aromatic carbocycles. The molecule has 2 aliphatic rings. The van der Waals surface area contributed by atoms with E-state index in [1.807, 2.05) is 6.08 Å². The summed E-state index contributed by atoms with van der Waals surface area (Å²) in [7, 11) is 0. The van der Waals surface area contributed by atoms with Crippen molar-refractivity contribution < 1.29 is 9.90 Å². The van der Waals surface area contributed by atoms with Crippen molar-refractivity contribution in [3.05, 3.63) is 12.2 Å². The van der Waals surface area contributed by atoms with E-state index in [9.17, 15) is 9.90 Å². The Bertz CT molecular complexity index is 350. The average molecular weight is 204 g/mol. The Kier molecular flexibility index (Phi) is 2.44. The highest BCUT2D eigenvalue weighted by atomic mass is 16.3. The van der Waals surface area contributed by atoms with Gasteiger partial charge in [0, 0.05) is 18.3 Å². The lowest BCUT2D eigenvalue weighted by Gasteiger charge is -2.41. The zero-order valence-corrected chi connectivity index (χ0v) is 8.83. The SMILES string of the molecule is C#CCC1(O)CCC[C@]12C=CC(=O)CC2. The number of rotatable bonds is 1. The maximum atomic E-state index is 11.2. The second-order valence-electron chi connectivity index (χ2n) is 4.72. The molecule has 1 saturated carbocycles. The van der Waals surface area contributed by atoms with Crippen molar-refractivity contribution in [3.8, 4) is 12.3 Å². The summed E-state index contributed by atoms with van der Waals surface area (Å²) in [5, 5.41) is 10.5. The molecule has 0 radical (unpaired) electrons. The van der Waals surface area contributed by atoms with Crippen LogP contribution in [0.5, 0.6) is 0 Å². The van der Waals surface area contributed by atoms with E-state index in [0.717, 1.165) is 25.7 Å². The Hall–Kier alpha value is -1.07. The van der Waals surface area contributed by atoms with Gasteiger partial charge in [-0.05, 0) is 31.8 Å². The van der Waals surface area contributed by atoms with E-state index in [4.69, 9.17) is 6.42 Å². The van der Waals surface area contributed by atoms with E-state index >= 15 is 0 Å². The van der Waals surface area contributed by atoms with Crippen LogP contribution in [-0.4, -0.2) is 16.5 Å². The van der Waals surface area contributed by atoms with Crippen molar-refractivity contribution in [2.45, 2.75) is 44.1 Å². The Morgan fingerprint density at radius 1 is 1.47 bits per heavy atom. The monoisotopic (exact) mass is 204 g/mol. The predicted molar refractivity (Wildman–Crippen MR) is 58.1 cm³/mol. The van der Waals surface area contributed by atoms with Crippen LogP contribution in [0, 0.1) is 17.8 Å². The third-order valence-corrected chi connectivity index (χ3v) is 3.94. The van der Waals surface area contributed by atoms with Gasteiger partial charge in [-0.25, -0.2) is 0 Å². The van der Waals surface area contributed by atoms with Gasteiger partial charge < -0.3 is 5.11 Å². The van der Waals surface area contributed by atoms with Crippen molar-refractivity contribution in [2.24, 2.45) is 5.41 Å². The Balaban J connectivity index is 2.31. The van der Waals surface area contributed by atoms with Crippen molar-refractivity contribution >= 4 is 5.78 Å². The number of hydrogen-bond acceptors (Lipinski definition) is 2. The second kappa shape index (κ2) is 3.50. The van der Waals surface area contributed by atoms with Crippen molar-refractivity contribution in [1.29, 1.82) is 0 Å². The minimum atomic E-state index is -0.779. The number of hydrogen-bond donors (Lipinski definition) is 1. The summed E-state index contributed by atoms with van der Waals surface area (Å²) >= 11 is 0. The fourth-order valence-electron chi connectivity index (χ4n) is 2.97. The number of ketones is 1. The van der Waals surface area contributed by atoms with E-state index < -0.39 is 5.60 Å². The molecule has 1 unspecified atom stereocenters. The number of terminal acetylenes is 1. The normalized spacial score (nSPS) is 39.6. The van der Waals surface area contributed by atoms with Crippen LogP contribution in [0.15, 0.2) is 12.2 Å². The molecule has 2 atom stereocenters. The maximum absolute atomic E-state index is 11.2. The van der Waals surface area contributed by atoms with E-state index in [-0.39, 0.29) is 11.2 Å². The number of carbonyl (C=O) groups excluding carboxylic acids is 1. The van der Waals surface area contributed by atoms with Gasteiger partial charge >= 0.3 is 0 Å². The van der Waals surface area contributed by atoms with Crippen LogP contribution < -0.4 is 0 Å². The summed E-state index contributed by atoms with van der Waals surface area (Å²) in [6, 6.07) is 0. The molecule has 2 aliphatic carbocycles. The quantitative estimate of drug-likeness (QED) is 0.662. The van der Waals surface area contributed by atoms with Crippen molar-refractivity contribution in [2.75, 3.05) is 0 Å². The van der Waals surface area contributed by atoms with E-state index in [0.29, 0.717) is 12.8 Å². The highest BCUT2D eigenvalue weighted by molar-refractivity contribution is 5.90. The van der Waals surface area contributed by atoms with E-state index in [1.54, 1.807) is 6.08 Å². The Morgan fingerprint density at radius 2 is 2.27 bits per heavy atom. The highest BCUT2D eigenvalue weighted by Crippen LogP contribution is 2.53. The van der Waals surface area contributed by atoms with Crippen molar-refractivity contribution in [3.63, 3.8) is 0 Å². The Labute approximate surface area is 90.4 Å². The summed E-state index contributed by atoms with van der Waals surface area (Å²) < 4.78 is 0. The van der Waals surface area contributed by atoms with Gasteiger partial charge in [-0.2, -0.15) is 0 Å². The zero-order valence-electron chi connectivity index (χ0n) is 8.83. The maximum Gasteiger partial charge on any atom is 0.155 e. The van der Waals surface area contributed by atoms with Gasteiger partial charge in [0.25, 0.3) is 0 Å². The molecular formula is C13H16O2. The summed E-state index contributed by atoms with van der Waals surface area (Å²) in [6.45, 7) is 0. The number of allylic oxidation sites excluding steroid dienone is 1. The predicted octanol–water partition coefficient (Wildman–Crippen LogP) is 1.83. The zero-order chi connectivity index (χ0) is 10.9. The van der Waals surface area contributed by atoms with Crippen LogP contribution in [-0.2, 0) is 4.79 Å². The molecule has 2 nitrogen and oxygen atoms in total. The highest BCUT2D eigenvalue weighted by Gasteiger charge is 2.52. The summed E-state index contributed by atoms with van der Waals surface area (Å²) in [5.74, 6) is 2.73. The van der Waals surface area contributed by atoms with E-state index in [1.165, 1.54) is 0 Å². The molecule has 0 aliphatic heterocycles. The molecule has 1 fully saturated rings. The molecule has 0 aromatic rings. The lowest BCUT2D eigenvalue weighted by atomic mass is 9.67. The van der Waals surface area contributed by atoms with Gasteiger partial charge in [0.05, 0.1) is 5.60 Å².